The largest absolute Gasteiger partial charge is 0.482 e. The first-order chi connectivity index (χ1) is 44.0. The molecule has 10 aliphatic rings. The third-order valence-electron chi connectivity index (χ3n) is 24.2. The summed E-state index contributed by atoms with van der Waals surface area (Å²) in [5.74, 6) is -1.07. The Labute approximate surface area is 526 Å². The number of carbonyl (C=O) groups is 2. The zero-order valence-corrected chi connectivity index (χ0v) is 51.5. The van der Waals surface area contributed by atoms with E-state index in [1.165, 1.54) is 58.0 Å². The number of benzene rings is 5. The molecule has 3 N–H and O–H groups in total. The van der Waals surface area contributed by atoms with Crippen LogP contribution >= 0.6 is 0 Å². The number of aliphatic hydroxyl groups is 3. The average Bonchev–Trinajstić information content (AvgIpc) is 1.33. The van der Waals surface area contributed by atoms with Crippen LogP contribution in [0.1, 0.15) is 186 Å². The van der Waals surface area contributed by atoms with Crippen molar-refractivity contribution in [2.24, 2.45) is 35.0 Å². The Hall–Kier alpha value is -7.41. The van der Waals surface area contributed by atoms with Crippen LogP contribution in [0.5, 0.6) is 5.75 Å². The highest BCUT2D eigenvalue weighted by Gasteiger charge is 2.70. The summed E-state index contributed by atoms with van der Waals surface area (Å²) in [6.07, 6.45) is 26.2. The number of allylic oxidation sites excluding steroid dienone is 5. The summed E-state index contributed by atoms with van der Waals surface area (Å²) >= 11 is 0. The first kappa shape index (κ1) is 57.7. The Morgan fingerprint density at radius 3 is 2.38 bits per heavy atom. The first-order valence-electron chi connectivity index (χ1n) is 33.4. The maximum absolute atomic E-state index is 16.2. The quantitative estimate of drug-likeness (QED) is 0.0576. The lowest BCUT2D eigenvalue weighted by atomic mass is 9.49. The number of aliphatic hydroxyl groups excluding tert-OH is 3. The molecule has 11 nitrogen and oxygen atoms in total. The van der Waals surface area contributed by atoms with Crippen molar-refractivity contribution in [1.82, 2.24) is 0 Å². The lowest BCUT2D eigenvalue weighted by Crippen LogP contribution is -2.65. The summed E-state index contributed by atoms with van der Waals surface area (Å²) in [6, 6.07) is 35.2. The molecule has 3 fully saturated rings. The summed E-state index contributed by atoms with van der Waals surface area (Å²) in [5, 5.41) is 33.0. The van der Waals surface area contributed by atoms with Crippen LogP contribution in [-0.4, -0.2) is 65.9 Å². The van der Waals surface area contributed by atoms with Crippen LogP contribution in [0.4, 0.5) is 0 Å². The highest BCUT2D eigenvalue weighted by Crippen LogP contribution is 2.71. The van der Waals surface area contributed by atoms with E-state index in [1.54, 1.807) is 6.92 Å². The molecule has 14 unspecified atom stereocenters. The molecular weight excluding hydrogens is 1120 g/mol. The smallest absolute Gasteiger partial charge is 0.340 e. The number of aryl methyl sites for hydroxylation is 2. The molecule has 0 saturated heterocycles. The summed E-state index contributed by atoms with van der Waals surface area (Å²) in [7, 11) is 1.53. The number of methoxy groups -OCH3 is 1. The van der Waals surface area contributed by atoms with Gasteiger partial charge in [-0.25, -0.2) is 9.59 Å². The van der Waals surface area contributed by atoms with Gasteiger partial charge in [0.05, 0.1) is 25.4 Å². The Morgan fingerprint density at radius 1 is 0.744 bits per heavy atom. The molecule has 6 bridgehead atoms. The van der Waals surface area contributed by atoms with Gasteiger partial charge < -0.3 is 38.7 Å². The van der Waals surface area contributed by atoms with Gasteiger partial charge in [0.15, 0.2) is 17.8 Å². The number of fused-ring (bicyclic) bond motifs is 13. The van der Waals surface area contributed by atoms with Gasteiger partial charge in [-0.05, 0) is 198 Å². The summed E-state index contributed by atoms with van der Waals surface area (Å²) < 4.78 is 34.6. The molecular formula is C79H80O11. The summed E-state index contributed by atoms with van der Waals surface area (Å²) in [6.45, 7) is 0.728. The van der Waals surface area contributed by atoms with E-state index in [0.717, 1.165) is 49.7 Å². The maximum Gasteiger partial charge on any atom is 0.340 e. The van der Waals surface area contributed by atoms with Gasteiger partial charge in [0, 0.05) is 65.7 Å². The normalized spacial score (nSPS) is 32.4. The minimum atomic E-state index is -1.36. The van der Waals surface area contributed by atoms with Crippen molar-refractivity contribution in [3.05, 3.63) is 221 Å². The van der Waals surface area contributed by atoms with Crippen molar-refractivity contribution >= 4 is 41.1 Å². The van der Waals surface area contributed by atoms with Crippen molar-refractivity contribution in [2.45, 2.75) is 150 Å². The van der Waals surface area contributed by atoms with E-state index in [9.17, 15) is 20.1 Å². The lowest BCUT2D eigenvalue weighted by molar-refractivity contribution is -0.221. The van der Waals surface area contributed by atoms with Gasteiger partial charge in [0.2, 0.25) is 0 Å². The molecule has 14 atom stereocenters. The van der Waals surface area contributed by atoms with E-state index in [1.807, 2.05) is 12.1 Å². The standard InChI is InChI=1S/C79H80O11/c1-45(42-81)56-26-21-46-18-19-50-38-49(46)32-36-77-34-9-35-78(68(77)41-62-58-14-5-3-10-47(58)23-30-65(62)77)74(89-75(56)84)73(71-67(90-78)31-29-61-63(43-82)70(76(85)88-72(61)71)52(33-37-80)44-86-2)87-69(83)40-53-39-51(22-27-57(50)53)59-15-8-17-66-60(59)28-25-55-13-7-12-54-24-20-48-11-4-6-16-64(48)79(54,55)66/h3-6,8,10-11,14-20,22-25,27-31,38,51-55,57,62,65,68,73-74,80-82H,7,9,12-13,21,26,32-37,39-44H2,1-2H3. The molecule has 7 aliphatic carbocycles. The van der Waals surface area contributed by atoms with Gasteiger partial charge in [-0.1, -0.05) is 140 Å². The van der Waals surface area contributed by atoms with Gasteiger partial charge in [-0.2, -0.15) is 0 Å². The Balaban J connectivity index is 0.904. The molecule has 16 rings (SSSR count). The monoisotopic (exact) mass is 1200 g/mol. The van der Waals surface area contributed by atoms with Crippen LogP contribution in [0.3, 0.4) is 0 Å². The molecule has 0 amide bonds. The van der Waals surface area contributed by atoms with Gasteiger partial charge in [0.1, 0.15) is 11.3 Å². The third-order valence-corrected chi connectivity index (χ3v) is 24.2. The van der Waals surface area contributed by atoms with E-state index in [4.69, 9.17) is 23.4 Å². The minimum Gasteiger partial charge on any atom is -0.482 e. The molecule has 462 valence electrons. The highest BCUT2D eigenvalue weighted by atomic mass is 16.6. The van der Waals surface area contributed by atoms with Crippen molar-refractivity contribution in [2.75, 3.05) is 26.9 Å². The molecule has 11 heteroatoms. The van der Waals surface area contributed by atoms with E-state index in [0.29, 0.717) is 71.8 Å². The van der Waals surface area contributed by atoms with Gasteiger partial charge >= 0.3 is 17.6 Å². The van der Waals surface area contributed by atoms with Crippen LogP contribution in [-0.2, 0) is 48.7 Å². The van der Waals surface area contributed by atoms with E-state index >= 15 is 9.59 Å². The van der Waals surface area contributed by atoms with Crippen molar-refractivity contribution in [3.8, 4) is 5.75 Å². The fourth-order valence-corrected chi connectivity index (χ4v) is 20.4. The molecule has 0 radical (unpaired) electrons. The number of carbonyl (C=O) groups excluding carboxylic acids is 2. The SMILES string of the molecule is COCC(CCO)c1c(CO)c2ccc3c(c2oc1=O)C1OC(=O)CC2CC(c4cccc5c4C=CC4CCCC6C=Cc7ccccc7C564)C=CC2c2ccc4c(c2)CCC25CCCC(O3)(C1OC(=O)C(=C(C)CO)CC4)C2CC1c2ccccc2C=CC15. The molecule has 4 heterocycles. The number of ether oxygens (including phenoxy) is 4. The number of hydrogen-bond donors (Lipinski definition) is 3. The van der Waals surface area contributed by atoms with Crippen molar-refractivity contribution in [1.29, 1.82) is 0 Å². The predicted molar refractivity (Wildman–Crippen MR) is 346 cm³/mol. The van der Waals surface area contributed by atoms with Crippen LogP contribution < -0.4 is 10.4 Å². The molecule has 1 aromatic heterocycles. The second-order valence-electron chi connectivity index (χ2n) is 28.0. The van der Waals surface area contributed by atoms with Gasteiger partial charge in [0.25, 0.3) is 0 Å². The molecule has 5 aromatic carbocycles. The first-order valence-corrected chi connectivity index (χ1v) is 33.4. The maximum atomic E-state index is 16.2. The Kier molecular flexibility index (Phi) is 14.4. The molecule has 2 spiro atoms. The van der Waals surface area contributed by atoms with Crippen molar-refractivity contribution in [3.63, 3.8) is 0 Å². The van der Waals surface area contributed by atoms with Gasteiger partial charge in [-0.15, -0.1) is 0 Å². The van der Waals surface area contributed by atoms with E-state index < -0.39 is 47.9 Å². The second-order valence-corrected chi connectivity index (χ2v) is 28.0. The van der Waals surface area contributed by atoms with Crippen LogP contribution in [0, 0.1) is 35.0 Å². The zero-order chi connectivity index (χ0) is 61.2. The second kappa shape index (κ2) is 22.5. The van der Waals surface area contributed by atoms with Crippen LogP contribution in [0.2, 0.25) is 0 Å². The zero-order valence-electron chi connectivity index (χ0n) is 51.5. The molecule has 3 saturated carbocycles. The van der Waals surface area contributed by atoms with E-state index in [-0.39, 0.29) is 95.7 Å². The van der Waals surface area contributed by atoms with Crippen LogP contribution in [0.25, 0.3) is 29.2 Å². The molecule has 90 heavy (non-hydrogen) atoms. The fourth-order valence-electron chi connectivity index (χ4n) is 20.4. The van der Waals surface area contributed by atoms with Gasteiger partial charge in [-0.3, -0.25) is 4.79 Å². The number of hydrogen-bond acceptors (Lipinski definition) is 11. The topological polar surface area (TPSA) is 162 Å². The Morgan fingerprint density at radius 2 is 1.54 bits per heavy atom. The summed E-state index contributed by atoms with van der Waals surface area (Å²) in [5.41, 5.74) is 11.7. The van der Waals surface area contributed by atoms with E-state index in [2.05, 4.69) is 134 Å². The summed E-state index contributed by atoms with van der Waals surface area (Å²) in [4.78, 5) is 46.9. The molecule has 6 aromatic rings. The predicted octanol–water partition coefficient (Wildman–Crippen LogP) is 14.1. The Bertz CT molecular complexity index is 4140. The number of rotatable bonds is 8. The minimum absolute atomic E-state index is 0.0224. The fraction of sp³-hybridized carbons (Fsp3) is 0.430. The highest BCUT2D eigenvalue weighted by molar-refractivity contribution is 5.91. The number of esters is 2. The lowest BCUT2D eigenvalue weighted by Gasteiger charge is -2.58. The molecule has 3 aliphatic heterocycles. The average molecular weight is 1210 g/mol. The third kappa shape index (κ3) is 8.67. The van der Waals surface area contributed by atoms with Crippen LogP contribution in [0.15, 0.2) is 148 Å². The van der Waals surface area contributed by atoms with Crippen molar-refractivity contribution < 1.29 is 48.3 Å².